The Morgan fingerprint density at radius 2 is 2.44 bits per heavy atom. The topological polar surface area (TPSA) is 70.3 Å². The molecule has 1 unspecified atom stereocenters. The number of likely N-dealkylation sites (tertiary alicyclic amines) is 1. The van der Waals surface area contributed by atoms with Gasteiger partial charge in [0.2, 0.25) is 0 Å². The molecule has 1 saturated heterocycles. The summed E-state index contributed by atoms with van der Waals surface area (Å²) in [6, 6.07) is 0.681. The third-order valence-corrected chi connectivity index (χ3v) is 4.23. The maximum absolute atomic E-state index is 5.43. The molecule has 2 rings (SSSR count). The molecule has 3 N–H and O–H groups in total. The summed E-state index contributed by atoms with van der Waals surface area (Å²) in [7, 11) is 2.13. The number of hydrazine groups is 1. The van der Waals surface area contributed by atoms with Crippen LogP contribution in [0.5, 0.6) is 0 Å². The van der Waals surface area contributed by atoms with Crippen molar-refractivity contribution in [2.24, 2.45) is 5.84 Å². The second-order valence-corrected chi connectivity index (χ2v) is 5.57. The van der Waals surface area contributed by atoms with E-state index in [9.17, 15) is 0 Å². The highest BCUT2D eigenvalue weighted by Gasteiger charge is 2.24. The van der Waals surface area contributed by atoms with E-state index < -0.39 is 0 Å². The average molecular weight is 270 g/mol. The summed E-state index contributed by atoms with van der Waals surface area (Å²) in [5, 5.41) is 4.97. The highest BCUT2D eigenvalue weighted by atomic mass is 32.1. The standard InChI is InChI=1S/C11H22N6S/c1-3-17-6-4-5-9(17)7-16(2)8-10-11(13-12)18-15-14-10/h9,13H,3-8,12H2,1-2H3. The van der Waals surface area contributed by atoms with Gasteiger partial charge in [0.15, 0.2) is 0 Å². The van der Waals surface area contributed by atoms with Crippen molar-refractivity contribution >= 4 is 16.5 Å². The van der Waals surface area contributed by atoms with E-state index >= 15 is 0 Å². The van der Waals surface area contributed by atoms with E-state index in [0.717, 1.165) is 30.3 Å². The lowest BCUT2D eigenvalue weighted by Gasteiger charge is -2.27. The van der Waals surface area contributed by atoms with Gasteiger partial charge in [0, 0.05) is 30.7 Å². The minimum Gasteiger partial charge on any atom is -0.313 e. The van der Waals surface area contributed by atoms with Crippen LogP contribution < -0.4 is 11.3 Å². The van der Waals surface area contributed by atoms with Crippen molar-refractivity contribution in [2.75, 3.05) is 32.1 Å². The second-order valence-electron chi connectivity index (χ2n) is 4.81. The Kier molecular flexibility index (Phi) is 4.87. The van der Waals surface area contributed by atoms with Crippen LogP contribution in [-0.4, -0.2) is 52.1 Å². The molecule has 0 aromatic carbocycles. The molecule has 1 aliphatic heterocycles. The van der Waals surface area contributed by atoms with Crippen molar-refractivity contribution in [1.29, 1.82) is 0 Å². The predicted molar refractivity (Wildman–Crippen MR) is 74.3 cm³/mol. The van der Waals surface area contributed by atoms with Gasteiger partial charge in [-0.15, -0.1) is 5.10 Å². The van der Waals surface area contributed by atoms with Gasteiger partial charge in [0.25, 0.3) is 0 Å². The smallest absolute Gasteiger partial charge is 0.148 e. The maximum Gasteiger partial charge on any atom is 0.148 e. The summed E-state index contributed by atoms with van der Waals surface area (Å²) in [5.74, 6) is 5.43. The Bertz CT molecular complexity index is 368. The van der Waals surface area contributed by atoms with Crippen LogP contribution in [0.3, 0.4) is 0 Å². The molecule has 0 bridgehead atoms. The summed E-state index contributed by atoms with van der Waals surface area (Å²) in [6.45, 7) is 6.49. The highest BCUT2D eigenvalue weighted by Crippen LogP contribution is 2.20. The van der Waals surface area contributed by atoms with Crippen molar-refractivity contribution in [3.05, 3.63) is 5.69 Å². The van der Waals surface area contributed by atoms with E-state index in [1.165, 1.54) is 30.9 Å². The van der Waals surface area contributed by atoms with E-state index in [4.69, 9.17) is 5.84 Å². The normalized spacial score (nSPS) is 20.8. The molecule has 102 valence electrons. The van der Waals surface area contributed by atoms with Crippen molar-refractivity contribution in [1.82, 2.24) is 19.4 Å². The largest absolute Gasteiger partial charge is 0.313 e. The molecule has 1 aromatic rings. The van der Waals surface area contributed by atoms with Gasteiger partial charge in [0.05, 0.1) is 0 Å². The van der Waals surface area contributed by atoms with Crippen LogP contribution in [0.25, 0.3) is 0 Å². The summed E-state index contributed by atoms with van der Waals surface area (Å²) in [4.78, 5) is 4.86. The van der Waals surface area contributed by atoms with Crippen molar-refractivity contribution in [3.63, 3.8) is 0 Å². The number of nitrogens with one attached hydrogen (secondary N) is 1. The Morgan fingerprint density at radius 1 is 1.61 bits per heavy atom. The monoisotopic (exact) mass is 270 g/mol. The molecule has 6 nitrogen and oxygen atoms in total. The van der Waals surface area contributed by atoms with Crippen LogP contribution in [0.15, 0.2) is 0 Å². The third kappa shape index (κ3) is 3.17. The number of nitrogen functional groups attached to an aromatic ring is 1. The van der Waals surface area contributed by atoms with E-state index in [0.29, 0.717) is 6.04 Å². The molecule has 0 aliphatic carbocycles. The molecule has 1 aromatic heterocycles. The summed E-state index contributed by atoms with van der Waals surface area (Å²) in [5.41, 5.74) is 3.59. The molecule has 18 heavy (non-hydrogen) atoms. The summed E-state index contributed by atoms with van der Waals surface area (Å²) in [6.07, 6.45) is 2.62. The fourth-order valence-electron chi connectivity index (χ4n) is 2.62. The molecular weight excluding hydrogens is 248 g/mol. The van der Waals surface area contributed by atoms with Gasteiger partial charge < -0.3 is 5.43 Å². The molecule has 7 heteroatoms. The van der Waals surface area contributed by atoms with Crippen LogP contribution in [-0.2, 0) is 6.54 Å². The first-order valence-electron chi connectivity index (χ1n) is 6.45. The average Bonchev–Trinajstić information content (AvgIpc) is 2.97. The highest BCUT2D eigenvalue weighted by molar-refractivity contribution is 7.10. The SMILES string of the molecule is CCN1CCCC1CN(C)Cc1nnsc1NN. The predicted octanol–water partition coefficient (Wildman–Crippen LogP) is 0.740. The van der Waals surface area contributed by atoms with Gasteiger partial charge in [-0.2, -0.15) is 0 Å². The minimum atomic E-state index is 0.681. The number of aromatic nitrogens is 2. The molecule has 2 heterocycles. The number of nitrogens with two attached hydrogens (primary N) is 1. The Hall–Kier alpha value is -0.760. The molecule has 0 saturated carbocycles. The third-order valence-electron chi connectivity index (χ3n) is 3.53. The quantitative estimate of drug-likeness (QED) is 0.587. The molecule has 1 aliphatic rings. The summed E-state index contributed by atoms with van der Waals surface area (Å²) < 4.78 is 3.92. The Morgan fingerprint density at radius 3 is 3.17 bits per heavy atom. The van der Waals surface area contributed by atoms with Gasteiger partial charge in [-0.1, -0.05) is 11.4 Å². The fourth-order valence-corrected chi connectivity index (χ4v) is 3.10. The number of hydrogen-bond donors (Lipinski definition) is 2. The maximum atomic E-state index is 5.43. The van der Waals surface area contributed by atoms with Crippen LogP contribution in [0, 0.1) is 0 Å². The summed E-state index contributed by atoms with van der Waals surface area (Å²) >= 11 is 1.31. The number of hydrogen-bond acceptors (Lipinski definition) is 7. The first-order chi connectivity index (χ1) is 8.74. The van der Waals surface area contributed by atoms with Crippen LogP contribution in [0.2, 0.25) is 0 Å². The van der Waals surface area contributed by atoms with Gasteiger partial charge in [-0.25, -0.2) is 5.84 Å². The zero-order valence-corrected chi connectivity index (χ0v) is 11.9. The molecule has 1 fully saturated rings. The van der Waals surface area contributed by atoms with Crippen molar-refractivity contribution in [3.8, 4) is 0 Å². The lowest BCUT2D eigenvalue weighted by molar-refractivity contribution is 0.194. The Labute approximate surface area is 112 Å². The second kappa shape index (κ2) is 6.42. The molecular formula is C11H22N6S. The van der Waals surface area contributed by atoms with Gasteiger partial charge >= 0.3 is 0 Å². The van der Waals surface area contributed by atoms with Gasteiger partial charge in [-0.05, 0) is 33.0 Å². The lowest BCUT2D eigenvalue weighted by atomic mass is 10.2. The van der Waals surface area contributed by atoms with E-state index in [1.807, 2.05) is 0 Å². The fraction of sp³-hybridized carbons (Fsp3) is 0.818. The first kappa shape index (κ1) is 13.7. The van der Waals surface area contributed by atoms with E-state index in [-0.39, 0.29) is 0 Å². The van der Waals surface area contributed by atoms with E-state index in [2.05, 4.69) is 38.8 Å². The molecule has 0 amide bonds. The van der Waals surface area contributed by atoms with Crippen LogP contribution in [0.4, 0.5) is 5.00 Å². The lowest BCUT2D eigenvalue weighted by Crippen LogP contribution is -2.38. The number of likely N-dealkylation sites (N-methyl/N-ethyl adjacent to an activating group) is 2. The van der Waals surface area contributed by atoms with Crippen LogP contribution in [0.1, 0.15) is 25.5 Å². The molecule has 0 spiro atoms. The van der Waals surface area contributed by atoms with Gasteiger partial charge in [0.1, 0.15) is 10.7 Å². The number of rotatable bonds is 6. The first-order valence-corrected chi connectivity index (χ1v) is 7.22. The Balaban J connectivity index is 1.86. The van der Waals surface area contributed by atoms with Crippen molar-refractivity contribution < 1.29 is 0 Å². The number of nitrogens with zero attached hydrogens (tertiary/aromatic N) is 4. The van der Waals surface area contributed by atoms with E-state index in [1.54, 1.807) is 0 Å². The zero-order valence-electron chi connectivity index (χ0n) is 11.1. The van der Waals surface area contributed by atoms with Crippen molar-refractivity contribution in [2.45, 2.75) is 32.4 Å². The minimum absolute atomic E-state index is 0.681. The van der Waals surface area contributed by atoms with Gasteiger partial charge in [-0.3, -0.25) is 9.80 Å². The van der Waals surface area contributed by atoms with Crippen LogP contribution >= 0.6 is 11.5 Å². The molecule has 0 radical (unpaired) electrons. The molecule has 1 atom stereocenters. The number of anilines is 1. The zero-order chi connectivity index (χ0) is 13.0.